The van der Waals surface area contributed by atoms with Gasteiger partial charge in [-0.1, -0.05) is 26.3 Å². The molecule has 4 N–H and O–H groups in total. The number of urea groups is 4. The number of carbonyl (C=O) groups excluding carboxylic acids is 8. The molecule has 0 aromatic carbocycles. The third kappa shape index (κ3) is 8.72. The Hall–Kier alpha value is -4.88. The minimum absolute atomic E-state index is 0.0405. The molecule has 3 aliphatic carbocycles. The van der Waals surface area contributed by atoms with Crippen molar-refractivity contribution in [1.82, 2.24) is 31.1 Å². The molecule has 6 atom stereocenters. The molecule has 0 aromatic heterocycles. The van der Waals surface area contributed by atoms with Crippen LogP contribution in [-0.4, -0.2) is 70.6 Å². The first-order valence-corrected chi connectivity index (χ1v) is 16.0. The van der Waals surface area contributed by atoms with Crippen molar-refractivity contribution in [3.05, 3.63) is 48.6 Å². The SMILES string of the molecule is C=C(C)C(=O)NC(=O)N(C(=O)NCCC1CC2C3CC(CCNC(=O)N(C(=O)NC(=O)C(=C)C)C(=O)C(=C)C)C(C3)C2C1)C(=O)C(=C)C. The standard InChI is InChI=1S/C34H46N6O8/c1-17(2)27(41)37-33(47)39(29(43)19(5)6)31(45)35-11-9-21-13-24-23-15-22(25(16-23)26(24)14-21)10-12-36-32(46)40(30(44)20(7)8)34(48)38-28(42)18(3)4/h21-26H,1,3,5,7,9-16H2,2,4,6,8H3,(H,35,45)(H,36,46)(H,37,41,47)(H,38,42,48). The number of amides is 12. The number of imide groups is 8. The van der Waals surface area contributed by atoms with Gasteiger partial charge in [-0.25, -0.2) is 19.2 Å². The molecule has 14 nitrogen and oxygen atoms in total. The Labute approximate surface area is 280 Å². The van der Waals surface area contributed by atoms with Crippen LogP contribution in [0.25, 0.3) is 0 Å². The zero-order chi connectivity index (χ0) is 36.0. The molecular weight excluding hydrogens is 620 g/mol. The Morgan fingerprint density at radius 2 is 0.979 bits per heavy atom. The van der Waals surface area contributed by atoms with Crippen LogP contribution in [0.2, 0.25) is 0 Å². The highest BCUT2D eigenvalue weighted by atomic mass is 16.2. The second kappa shape index (κ2) is 15.8. The van der Waals surface area contributed by atoms with E-state index in [1.807, 2.05) is 10.6 Å². The van der Waals surface area contributed by atoms with Crippen molar-refractivity contribution >= 4 is 47.8 Å². The van der Waals surface area contributed by atoms with Gasteiger partial charge in [-0.3, -0.25) is 29.8 Å². The minimum atomic E-state index is -1.18. The van der Waals surface area contributed by atoms with E-state index < -0.39 is 47.8 Å². The van der Waals surface area contributed by atoms with Crippen molar-refractivity contribution in [3.63, 3.8) is 0 Å². The van der Waals surface area contributed by atoms with Gasteiger partial charge in [-0.15, -0.1) is 0 Å². The molecule has 260 valence electrons. The van der Waals surface area contributed by atoms with Crippen molar-refractivity contribution in [3.8, 4) is 0 Å². The molecule has 6 unspecified atom stereocenters. The van der Waals surface area contributed by atoms with Gasteiger partial charge < -0.3 is 10.6 Å². The number of rotatable bonds is 10. The fraction of sp³-hybridized carbons (Fsp3) is 0.529. The summed E-state index contributed by atoms with van der Waals surface area (Å²) in [5.74, 6) is -0.655. The van der Waals surface area contributed by atoms with Crippen molar-refractivity contribution < 1.29 is 38.4 Å². The fourth-order valence-corrected chi connectivity index (χ4v) is 7.25. The lowest BCUT2D eigenvalue weighted by atomic mass is 9.74. The van der Waals surface area contributed by atoms with Crippen molar-refractivity contribution in [1.29, 1.82) is 0 Å². The average Bonchev–Trinajstić information content (AvgIpc) is 3.69. The van der Waals surface area contributed by atoms with Gasteiger partial charge in [0.05, 0.1) is 0 Å². The van der Waals surface area contributed by atoms with Crippen LogP contribution in [-0.2, 0) is 19.2 Å². The predicted molar refractivity (Wildman–Crippen MR) is 175 cm³/mol. The highest BCUT2D eigenvalue weighted by Crippen LogP contribution is 2.63. The number of nitrogens with one attached hydrogen (secondary N) is 4. The first kappa shape index (κ1) is 37.6. The lowest BCUT2D eigenvalue weighted by molar-refractivity contribution is -0.123. The molecule has 0 saturated heterocycles. The number of hydrogen-bond acceptors (Lipinski definition) is 8. The van der Waals surface area contributed by atoms with Gasteiger partial charge in [0.25, 0.3) is 23.6 Å². The number of hydrogen-bond donors (Lipinski definition) is 4. The highest BCUT2D eigenvalue weighted by Gasteiger charge is 2.55. The van der Waals surface area contributed by atoms with Crippen LogP contribution >= 0.6 is 0 Å². The van der Waals surface area contributed by atoms with Gasteiger partial charge >= 0.3 is 24.1 Å². The van der Waals surface area contributed by atoms with Gasteiger partial charge in [-0.2, -0.15) is 9.80 Å². The van der Waals surface area contributed by atoms with Gasteiger partial charge in [0.2, 0.25) is 0 Å². The number of fused-ring (bicyclic) bond motifs is 5. The highest BCUT2D eigenvalue weighted by molar-refractivity contribution is 6.19. The molecule has 0 aromatic rings. The monoisotopic (exact) mass is 666 g/mol. The van der Waals surface area contributed by atoms with E-state index in [-0.39, 0.29) is 35.4 Å². The maximum absolute atomic E-state index is 12.9. The van der Waals surface area contributed by atoms with Crippen molar-refractivity contribution in [2.75, 3.05) is 13.1 Å². The van der Waals surface area contributed by atoms with Crippen LogP contribution in [0.4, 0.5) is 19.2 Å². The van der Waals surface area contributed by atoms with E-state index in [1.54, 1.807) is 0 Å². The Kier molecular flexibility index (Phi) is 12.4. The summed E-state index contributed by atoms with van der Waals surface area (Å²) in [5, 5.41) is 9.23. The van der Waals surface area contributed by atoms with Crippen LogP contribution in [0, 0.1) is 35.5 Å². The van der Waals surface area contributed by atoms with E-state index in [0.717, 1.165) is 25.7 Å². The summed E-state index contributed by atoms with van der Waals surface area (Å²) < 4.78 is 0. The third-order valence-corrected chi connectivity index (χ3v) is 9.49. The Morgan fingerprint density at radius 3 is 1.42 bits per heavy atom. The molecule has 14 heteroatoms. The van der Waals surface area contributed by atoms with Crippen LogP contribution in [0.15, 0.2) is 48.6 Å². The van der Waals surface area contributed by atoms with Crippen LogP contribution in [0.3, 0.4) is 0 Å². The van der Waals surface area contributed by atoms with Crippen LogP contribution in [0.5, 0.6) is 0 Å². The normalized spacial score (nSPS) is 23.2. The van der Waals surface area contributed by atoms with Gasteiger partial charge in [0.1, 0.15) is 0 Å². The lowest BCUT2D eigenvalue weighted by Gasteiger charge is -2.31. The fourth-order valence-electron chi connectivity index (χ4n) is 7.25. The molecule has 0 aliphatic heterocycles. The van der Waals surface area contributed by atoms with E-state index >= 15 is 0 Å². The zero-order valence-electron chi connectivity index (χ0n) is 28.1. The second-order valence-corrected chi connectivity index (χ2v) is 13.3. The lowest BCUT2D eigenvalue weighted by Crippen LogP contribution is -2.53. The van der Waals surface area contributed by atoms with Gasteiger partial charge in [0, 0.05) is 35.4 Å². The van der Waals surface area contributed by atoms with E-state index in [2.05, 4.69) is 36.9 Å². The summed E-state index contributed by atoms with van der Waals surface area (Å²) in [7, 11) is 0. The number of carbonyl (C=O) groups is 8. The summed E-state index contributed by atoms with van der Waals surface area (Å²) in [6.45, 7) is 19.9. The van der Waals surface area contributed by atoms with E-state index in [1.165, 1.54) is 27.7 Å². The summed E-state index contributed by atoms with van der Waals surface area (Å²) in [5.41, 5.74) is -0.0107. The molecule has 3 fully saturated rings. The van der Waals surface area contributed by atoms with Crippen molar-refractivity contribution in [2.24, 2.45) is 35.5 Å². The third-order valence-electron chi connectivity index (χ3n) is 9.49. The van der Waals surface area contributed by atoms with Crippen LogP contribution in [0.1, 0.15) is 66.2 Å². The molecule has 0 radical (unpaired) electrons. The molecule has 12 amide bonds. The maximum Gasteiger partial charge on any atom is 0.339 e. The molecular formula is C34H46N6O8. The second-order valence-electron chi connectivity index (χ2n) is 13.3. The van der Waals surface area contributed by atoms with Gasteiger partial charge in [-0.05, 0) is 102 Å². The van der Waals surface area contributed by atoms with E-state index in [9.17, 15) is 38.4 Å². The van der Waals surface area contributed by atoms with Gasteiger partial charge in [0.15, 0.2) is 0 Å². The topological polar surface area (TPSA) is 191 Å². The van der Waals surface area contributed by atoms with Crippen molar-refractivity contribution in [2.45, 2.75) is 66.2 Å². The summed E-state index contributed by atoms with van der Waals surface area (Å²) in [4.78, 5) is 100. The first-order chi connectivity index (χ1) is 22.4. The number of nitrogens with zero attached hydrogens (tertiary/aromatic N) is 2. The Bertz CT molecular complexity index is 1470. The smallest absolute Gasteiger partial charge is 0.337 e. The summed E-state index contributed by atoms with van der Waals surface area (Å²) >= 11 is 0. The maximum atomic E-state index is 12.9. The molecule has 3 aliphatic rings. The van der Waals surface area contributed by atoms with E-state index in [4.69, 9.17) is 0 Å². The zero-order valence-corrected chi connectivity index (χ0v) is 28.1. The minimum Gasteiger partial charge on any atom is -0.337 e. The summed E-state index contributed by atoms with van der Waals surface area (Å²) in [6, 6.07) is -4.25. The Morgan fingerprint density at radius 1 is 0.542 bits per heavy atom. The molecule has 3 saturated carbocycles. The predicted octanol–water partition coefficient (Wildman–Crippen LogP) is 3.92. The molecule has 0 spiro atoms. The largest absolute Gasteiger partial charge is 0.339 e. The van der Waals surface area contributed by atoms with Crippen LogP contribution < -0.4 is 21.3 Å². The summed E-state index contributed by atoms with van der Waals surface area (Å²) in [6.07, 6.45) is 5.44. The molecule has 48 heavy (non-hydrogen) atoms. The molecule has 3 rings (SSSR count). The molecule has 0 heterocycles. The van der Waals surface area contributed by atoms with E-state index in [0.29, 0.717) is 58.1 Å². The Balaban J connectivity index is 1.50. The quantitative estimate of drug-likeness (QED) is 0.252. The molecule has 2 bridgehead atoms. The first-order valence-electron chi connectivity index (χ1n) is 16.0. The average molecular weight is 667 g/mol.